The van der Waals surface area contributed by atoms with Crippen LogP contribution in [-0.4, -0.2) is 47.0 Å². The number of nitrogens with one attached hydrogen (secondary N) is 1. The van der Waals surface area contributed by atoms with Crippen molar-refractivity contribution in [2.24, 2.45) is 10.4 Å². The number of carboxylic acids is 1. The van der Waals surface area contributed by atoms with Crippen LogP contribution < -0.4 is 10.1 Å². The molecule has 2 N–H and O–H groups in total. The Morgan fingerprint density at radius 2 is 1.96 bits per heavy atom. The topological polar surface area (TPSA) is 70.9 Å². The summed E-state index contributed by atoms with van der Waals surface area (Å²) in [5.41, 5.74) is 2.05. The van der Waals surface area contributed by atoms with Gasteiger partial charge in [-0.25, -0.2) is 0 Å². The highest BCUT2D eigenvalue weighted by Gasteiger charge is 2.30. The highest BCUT2D eigenvalue weighted by Crippen LogP contribution is 2.33. The SMILES string of the molecule is COc1ccc(N=C2CC(C)(C)CC(C)NC(C(=O)O)CSC2C)cc1. The van der Waals surface area contributed by atoms with Gasteiger partial charge < -0.3 is 15.2 Å². The fourth-order valence-electron chi connectivity index (χ4n) is 3.42. The molecule has 1 fully saturated rings. The predicted octanol–water partition coefficient (Wildman–Crippen LogP) is 4.14. The normalized spacial score (nSPS) is 28.5. The van der Waals surface area contributed by atoms with Gasteiger partial charge >= 0.3 is 5.97 Å². The fraction of sp³-hybridized carbons (Fsp3) is 0.600. The number of thioether (sulfide) groups is 1. The quantitative estimate of drug-likeness (QED) is 0.827. The van der Waals surface area contributed by atoms with Gasteiger partial charge in [-0.15, -0.1) is 0 Å². The van der Waals surface area contributed by atoms with Crippen molar-refractivity contribution in [3.8, 4) is 5.75 Å². The van der Waals surface area contributed by atoms with Gasteiger partial charge in [0.15, 0.2) is 0 Å². The van der Waals surface area contributed by atoms with E-state index in [4.69, 9.17) is 9.73 Å². The molecule has 0 spiro atoms. The van der Waals surface area contributed by atoms with E-state index in [0.717, 1.165) is 30.0 Å². The van der Waals surface area contributed by atoms with E-state index in [9.17, 15) is 9.90 Å². The number of hydrogen-bond acceptors (Lipinski definition) is 5. The minimum Gasteiger partial charge on any atom is -0.497 e. The van der Waals surface area contributed by atoms with E-state index in [1.54, 1.807) is 18.9 Å². The predicted molar refractivity (Wildman–Crippen MR) is 109 cm³/mol. The van der Waals surface area contributed by atoms with Crippen LogP contribution in [0.25, 0.3) is 0 Å². The number of carboxylic acid groups (broad SMARTS) is 1. The van der Waals surface area contributed by atoms with Crippen LogP contribution in [0.5, 0.6) is 5.75 Å². The number of benzene rings is 1. The zero-order valence-electron chi connectivity index (χ0n) is 16.3. The van der Waals surface area contributed by atoms with E-state index in [1.807, 2.05) is 24.3 Å². The summed E-state index contributed by atoms with van der Waals surface area (Å²) in [5, 5.41) is 12.9. The lowest BCUT2D eigenvalue weighted by Gasteiger charge is -2.33. The van der Waals surface area contributed by atoms with Crippen LogP contribution in [0.4, 0.5) is 5.69 Å². The van der Waals surface area contributed by atoms with Gasteiger partial charge in [-0.1, -0.05) is 13.8 Å². The first-order valence-electron chi connectivity index (χ1n) is 9.02. The molecular weight excluding hydrogens is 348 g/mol. The van der Waals surface area contributed by atoms with Crippen LogP contribution in [0.3, 0.4) is 0 Å². The molecule has 144 valence electrons. The molecule has 3 unspecified atom stereocenters. The van der Waals surface area contributed by atoms with E-state index in [1.165, 1.54) is 0 Å². The number of methoxy groups -OCH3 is 1. The summed E-state index contributed by atoms with van der Waals surface area (Å²) in [6.07, 6.45) is 1.78. The molecule has 2 rings (SSSR count). The first kappa shape index (κ1) is 20.8. The first-order chi connectivity index (χ1) is 12.2. The number of aliphatic carboxylic acids is 1. The minimum atomic E-state index is -0.788. The van der Waals surface area contributed by atoms with Crippen molar-refractivity contribution in [2.45, 2.75) is 57.9 Å². The van der Waals surface area contributed by atoms with Crippen molar-refractivity contribution >= 4 is 29.1 Å². The van der Waals surface area contributed by atoms with Gasteiger partial charge in [-0.2, -0.15) is 11.8 Å². The minimum absolute atomic E-state index is 0.0347. The third-order valence-corrected chi connectivity index (χ3v) is 5.93. The summed E-state index contributed by atoms with van der Waals surface area (Å²) in [7, 11) is 1.65. The third-order valence-electron chi connectivity index (χ3n) is 4.63. The zero-order valence-corrected chi connectivity index (χ0v) is 17.1. The largest absolute Gasteiger partial charge is 0.497 e. The molecule has 1 heterocycles. The van der Waals surface area contributed by atoms with Gasteiger partial charge in [0.25, 0.3) is 0 Å². The van der Waals surface area contributed by atoms with Crippen LogP contribution in [0.2, 0.25) is 0 Å². The van der Waals surface area contributed by atoms with Crippen molar-refractivity contribution in [1.82, 2.24) is 5.32 Å². The smallest absolute Gasteiger partial charge is 0.321 e. The fourth-order valence-corrected chi connectivity index (χ4v) is 4.47. The first-order valence-corrected chi connectivity index (χ1v) is 10.1. The third kappa shape index (κ3) is 6.02. The van der Waals surface area contributed by atoms with Crippen molar-refractivity contribution in [2.75, 3.05) is 12.9 Å². The molecule has 1 aliphatic heterocycles. The lowest BCUT2D eigenvalue weighted by molar-refractivity contribution is -0.139. The van der Waals surface area contributed by atoms with Crippen molar-refractivity contribution in [1.29, 1.82) is 0 Å². The average Bonchev–Trinajstić information content (AvgIpc) is 2.56. The second-order valence-electron chi connectivity index (χ2n) is 7.78. The molecule has 0 bridgehead atoms. The highest BCUT2D eigenvalue weighted by molar-refractivity contribution is 8.00. The summed E-state index contributed by atoms with van der Waals surface area (Å²) >= 11 is 1.65. The summed E-state index contributed by atoms with van der Waals surface area (Å²) in [6.45, 7) is 8.63. The number of hydrogen-bond donors (Lipinski definition) is 2. The van der Waals surface area contributed by atoms with Crippen molar-refractivity contribution < 1.29 is 14.6 Å². The Bertz CT molecular complexity index is 643. The second-order valence-corrected chi connectivity index (χ2v) is 9.15. The maximum Gasteiger partial charge on any atom is 0.321 e. The van der Waals surface area contributed by atoms with Gasteiger partial charge in [0.05, 0.1) is 12.8 Å². The molecule has 1 saturated heterocycles. The maximum atomic E-state index is 11.5. The van der Waals surface area contributed by atoms with Crippen LogP contribution in [-0.2, 0) is 4.79 Å². The average molecular weight is 379 g/mol. The Morgan fingerprint density at radius 1 is 1.31 bits per heavy atom. The number of ether oxygens (including phenoxy) is 1. The monoisotopic (exact) mass is 378 g/mol. The van der Waals surface area contributed by atoms with Gasteiger partial charge in [0.2, 0.25) is 0 Å². The van der Waals surface area contributed by atoms with E-state index in [-0.39, 0.29) is 16.7 Å². The van der Waals surface area contributed by atoms with Gasteiger partial charge in [0.1, 0.15) is 11.8 Å². The maximum absolute atomic E-state index is 11.5. The molecule has 5 nitrogen and oxygen atoms in total. The van der Waals surface area contributed by atoms with Gasteiger partial charge in [0, 0.05) is 22.8 Å². The zero-order chi connectivity index (χ0) is 19.3. The lowest BCUT2D eigenvalue weighted by Crippen LogP contribution is -2.46. The molecule has 6 heteroatoms. The Balaban J connectivity index is 2.29. The molecule has 0 aliphatic carbocycles. The lowest BCUT2D eigenvalue weighted by atomic mass is 9.80. The van der Waals surface area contributed by atoms with Crippen LogP contribution >= 0.6 is 11.8 Å². The molecule has 1 aromatic rings. The van der Waals surface area contributed by atoms with Crippen LogP contribution in [0.15, 0.2) is 29.3 Å². The Hall–Kier alpha value is -1.53. The van der Waals surface area contributed by atoms with Crippen LogP contribution in [0, 0.1) is 5.41 Å². The van der Waals surface area contributed by atoms with Gasteiger partial charge in [-0.3, -0.25) is 9.79 Å². The number of aliphatic imine (C=N–C) groups is 1. The van der Waals surface area contributed by atoms with Crippen molar-refractivity contribution in [3.63, 3.8) is 0 Å². The van der Waals surface area contributed by atoms with E-state index < -0.39 is 12.0 Å². The number of carbonyl (C=O) groups is 1. The molecule has 1 aliphatic rings. The summed E-state index contributed by atoms with van der Waals surface area (Å²) < 4.78 is 5.21. The Labute approximate surface area is 160 Å². The van der Waals surface area contributed by atoms with Crippen LogP contribution in [0.1, 0.15) is 40.5 Å². The molecule has 1 aromatic carbocycles. The van der Waals surface area contributed by atoms with Gasteiger partial charge in [-0.05, 0) is 56.4 Å². The second kappa shape index (κ2) is 8.91. The molecule has 0 amide bonds. The highest BCUT2D eigenvalue weighted by atomic mass is 32.2. The molecule has 0 radical (unpaired) electrons. The molecule has 3 atom stereocenters. The molecule has 0 saturated carbocycles. The van der Waals surface area contributed by atoms with Crippen molar-refractivity contribution in [3.05, 3.63) is 24.3 Å². The molecule has 26 heavy (non-hydrogen) atoms. The number of nitrogens with zero attached hydrogens (tertiary/aromatic N) is 1. The summed E-state index contributed by atoms with van der Waals surface area (Å²) in [4.78, 5) is 16.5. The summed E-state index contributed by atoms with van der Waals surface area (Å²) in [5.74, 6) is 0.554. The van der Waals surface area contributed by atoms with E-state index >= 15 is 0 Å². The Morgan fingerprint density at radius 3 is 2.54 bits per heavy atom. The van der Waals surface area contributed by atoms with E-state index in [2.05, 4.69) is 33.0 Å². The molecule has 0 aromatic heterocycles. The summed E-state index contributed by atoms with van der Waals surface area (Å²) in [6, 6.07) is 7.35. The van der Waals surface area contributed by atoms with E-state index in [0.29, 0.717) is 5.75 Å². The number of rotatable bonds is 3. The molecular formula is C20H30N2O3S. The Kier molecular flexibility index (Phi) is 7.12. The standard InChI is InChI=1S/C20H30N2O3S/c1-13-10-20(3,4)11-17(14(2)26-12-18(21-13)19(23)24)22-15-6-8-16(25-5)9-7-15/h6-9,13-14,18,21H,10-12H2,1-5H3,(H,23,24).